The maximum absolute atomic E-state index is 10.1. The quantitative estimate of drug-likeness (QED) is 0.452. The number of carboxylic acids is 1. The van der Waals surface area contributed by atoms with Crippen molar-refractivity contribution in [1.82, 2.24) is 0 Å². The summed E-state index contributed by atoms with van der Waals surface area (Å²) in [5.41, 5.74) is 0. The molecule has 0 amide bonds. The third-order valence-corrected chi connectivity index (χ3v) is 2.23. The highest BCUT2D eigenvalue weighted by Crippen LogP contribution is 2.11. The van der Waals surface area contributed by atoms with Gasteiger partial charge in [-0.2, -0.15) is 0 Å². The maximum atomic E-state index is 10.1. The zero-order valence-corrected chi connectivity index (χ0v) is 8.91. The van der Waals surface area contributed by atoms with Crippen molar-refractivity contribution >= 4 is 5.97 Å². The topological polar surface area (TPSA) is 40.1 Å². The number of quaternary nitrogens is 1. The van der Waals surface area contributed by atoms with Crippen LogP contribution in [0.25, 0.3) is 0 Å². The molecule has 0 aliphatic heterocycles. The predicted molar refractivity (Wildman–Crippen MR) is 50.9 cm³/mol. The molecular formula is C10H19NO2. The van der Waals surface area contributed by atoms with Gasteiger partial charge in [-0.05, 0) is 12.5 Å². The molecule has 0 rings (SSSR count). The second kappa shape index (κ2) is 5.02. The lowest BCUT2D eigenvalue weighted by Gasteiger charge is -2.33. The first-order chi connectivity index (χ1) is 5.88. The van der Waals surface area contributed by atoms with Crippen LogP contribution in [0.15, 0.2) is 12.2 Å². The van der Waals surface area contributed by atoms with Crippen LogP contribution in [0.2, 0.25) is 0 Å². The molecule has 13 heavy (non-hydrogen) atoms. The van der Waals surface area contributed by atoms with Crippen molar-refractivity contribution in [3.63, 3.8) is 0 Å². The Hall–Kier alpha value is -0.830. The number of nitrogens with zero attached hydrogens (tertiary/aromatic N) is 1. The van der Waals surface area contributed by atoms with Gasteiger partial charge in [-0.3, -0.25) is 0 Å². The van der Waals surface area contributed by atoms with E-state index in [1.807, 2.05) is 0 Å². The lowest BCUT2D eigenvalue weighted by atomic mass is 10.1. The van der Waals surface area contributed by atoms with Gasteiger partial charge in [0.1, 0.15) is 0 Å². The van der Waals surface area contributed by atoms with Gasteiger partial charge in [0.05, 0.1) is 33.2 Å². The molecule has 0 aromatic heterocycles. The number of aliphatic carboxylic acids is 1. The van der Waals surface area contributed by atoms with Crippen LogP contribution in [-0.4, -0.2) is 37.6 Å². The zero-order valence-electron chi connectivity index (χ0n) is 8.91. The second-order valence-corrected chi connectivity index (χ2v) is 4.14. The second-order valence-electron chi connectivity index (χ2n) is 4.14. The van der Waals surface area contributed by atoms with Crippen molar-refractivity contribution in [2.75, 3.05) is 21.1 Å². The first kappa shape index (κ1) is 12.2. The van der Waals surface area contributed by atoms with Crippen molar-refractivity contribution in [3.8, 4) is 0 Å². The van der Waals surface area contributed by atoms with Gasteiger partial charge in [0, 0.05) is 6.42 Å². The molecule has 0 aliphatic carbocycles. The molecule has 1 unspecified atom stereocenters. The predicted octanol–water partition coefficient (Wildman–Crippen LogP) is 0.167. The fourth-order valence-corrected chi connectivity index (χ4v) is 1.35. The summed E-state index contributed by atoms with van der Waals surface area (Å²) < 4.78 is 0.855. The van der Waals surface area contributed by atoms with Gasteiger partial charge < -0.3 is 14.4 Å². The van der Waals surface area contributed by atoms with E-state index in [9.17, 15) is 9.90 Å². The molecule has 0 N–H and O–H groups in total. The summed E-state index contributed by atoms with van der Waals surface area (Å²) in [6, 6.07) is 0.468. The van der Waals surface area contributed by atoms with Crippen LogP contribution < -0.4 is 5.11 Å². The lowest BCUT2D eigenvalue weighted by Crippen LogP contribution is -2.44. The average Bonchev–Trinajstić information content (AvgIpc) is 1.95. The summed E-state index contributed by atoms with van der Waals surface area (Å²) in [6.45, 7) is 2.11. The van der Waals surface area contributed by atoms with Crippen molar-refractivity contribution in [3.05, 3.63) is 12.2 Å². The van der Waals surface area contributed by atoms with Crippen LogP contribution >= 0.6 is 0 Å². The van der Waals surface area contributed by atoms with Crippen molar-refractivity contribution in [2.24, 2.45) is 0 Å². The minimum absolute atomic E-state index is 0.468. The van der Waals surface area contributed by atoms with Gasteiger partial charge in [0.2, 0.25) is 0 Å². The van der Waals surface area contributed by atoms with Crippen molar-refractivity contribution < 1.29 is 14.4 Å². The number of carboxylic acid groups (broad SMARTS) is 1. The molecule has 0 saturated heterocycles. The fraction of sp³-hybridized carbons (Fsp3) is 0.700. The van der Waals surface area contributed by atoms with E-state index in [2.05, 4.69) is 28.1 Å². The molecular weight excluding hydrogens is 166 g/mol. The largest absolute Gasteiger partial charge is 0.545 e. The van der Waals surface area contributed by atoms with E-state index in [4.69, 9.17) is 0 Å². The molecule has 0 heterocycles. The molecule has 0 aliphatic rings. The first-order valence-corrected chi connectivity index (χ1v) is 4.56. The summed E-state index contributed by atoms with van der Waals surface area (Å²) in [4.78, 5) is 10.1. The number of hydrogen-bond acceptors (Lipinski definition) is 2. The third-order valence-electron chi connectivity index (χ3n) is 2.23. The van der Waals surface area contributed by atoms with Gasteiger partial charge in [0.15, 0.2) is 0 Å². The molecule has 0 aromatic carbocycles. The minimum Gasteiger partial charge on any atom is -0.545 e. The minimum atomic E-state index is -1.11. The van der Waals surface area contributed by atoms with Gasteiger partial charge in [-0.1, -0.05) is 13.0 Å². The Labute approximate surface area is 80.3 Å². The number of hydrogen-bond donors (Lipinski definition) is 0. The molecule has 0 bridgehead atoms. The molecule has 0 aromatic rings. The summed E-state index contributed by atoms with van der Waals surface area (Å²) in [7, 11) is 6.34. The van der Waals surface area contributed by atoms with E-state index in [-0.39, 0.29) is 0 Å². The Bertz CT molecular complexity index is 192. The van der Waals surface area contributed by atoms with Gasteiger partial charge in [-0.25, -0.2) is 0 Å². The normalized spacial score (nSPS) is 14.8. The Morgan fingerprint density at radius 3 is 2.31 bits per heavy atom. The standard InChI is InChI=1S/C10H19NO2/c1-5-9(11(2,3)4)7-6-8-10(12)13/h6,8-9H,5,7H2,1-4H3/b8-6+. The SMILES string of the molecule is CCC(C/C=C/C(=O)[O-])[N+](C)(C)C. The first-order valence-electron chi connectivity index (χ1n) is 4.56. The Morgan fingerprint density at radius 1 is 1.46 bits per heavy atom. The van der Waals surface area contributed by atoms with Gasteiger partial charge >= 0.3 is 0 Å². The van der Waals surface area contributed by atoms with E-state index in [0.717, 1.165) is 23.4 Å². The summed E-state index contributed by atoms with van der Waals surface area (Å²) >= 11 is 0. The summed E-state index contributed by atoms with van der Waals surface area (Å²) in [5.74, 6) is -1.11. The summed E-state index contributed by atoms with van der Waals surface area (Å²) in [6.07, 6.45) is 4.61. The Morgan fingerprint density at radius 2 is 2.00 bits per heavy atom. The number of carbonyl (C=O) groups excluding carboxylic acids is 1. The molecule has 0 spiro atoms. The number of carbonyl (C=O) groups is 1. The monoisotopic (exact) mass is 185 g/mol. The van der Waals surface area contributed by atoms with E-state index in [1.54, 1.807) is 6.08 Å². The van der Waals surface area contributed by atoms with Crippen molar-refractivity contribution in [1.29, 1.82) is 0 Å². The highest BCUT2D eigenvalue weighted by Gasteiger charge is 2.19. The van der Waals surface area contributed by atoms with E-state index in [0.29, 0.717) is 6.04 Å². The van der Waals surface area contributed by atoms with Gasteiger partial charge in [0.25, 0.3) is 0 Å². The molecule has 3 nitrogen and oxygen atoms in total. The lowest BCUT2D eigenvalue weighted by molar-refractivity contribution is -0.895. The van der Waals surface area contributed by atoms with Gasteiger partial charge in [-0.15, -0.1) is 0 Å². The molecule has 1 atom stereocenters. The number of rotatable bonds is 5. The summed E-state index contributed by atoms with van der Waals surface area (Å²) in [5, 5.41) is 10.1. The highest BCUT2D eigenvalue weighted by atomic mass is 16.4. The van der Waals surface area contributed by atoms with Crippen LogP contribution in [0, 0.1) is 0 Å². The van der Waals surface area contributed by atoms with Crippen LogP contribution in [0.5, 0.6) is 0 Å². The smallest absolute Gasteiger partial charge is 0.0916 e. The van der Waals surface area contributed by atoms with Crippen LogP contribution in [0.4, 0.5) is 0 Å². The molecule has 0 radical (unpaired) electrons. The fourth-order valence-electron chi connectivity index (χ4n) is 1.35. The molecule has 0 saturated carbocycles. The zero-order chi connectivity index (χ0) is 10.5. The molecule has 76 valence electrons. The third kappa shape index (κ3) is 5.42. The van der Waals surface area contributed by atoms with Crippen LogP contribution in [0.3, 0.4) is 0 Å². The van der Waals surface area contributed by atoms with Crippen LogP contribution in [0.1, 0.15) is 19.8 Å². The highest BCUT2D eigenvalue weighted by molar-refractivity contribution is 5.77. The van der Waals surface area contributed by atoms with E-state index < -0.39 is 5.97 Å². The van der Waals surface area contributed by atoms with E-state index >= 15 is 0 Å². The Kier molecular flexibility index (Phi) is 4.70. The van der Waals surface area contributed by atoms with E-state index in [1.165, 1.54) is 0 Å². The van der Waals surface area contributed by atoms with Crippen molar-refractivity contribution in [2.45, 2.75) is 25.8 Å². The van der Waals surface area contributed by atoms with Crippen LogP contribution in [-0.2, 0) is 4.79 Å². The average molecular weight is 185 g/mol. The molecule has 0 fully saturated rings. The molecule has 3 heteroatoms. The maximum Gasteiger partial charge on any atom is 0.0916 e. The Balaban J connectivity index is 4.08.